The first-order chi connectivity index (χ1) is 12.4. The Hall–Kier alpha value is -1.98. The molecule has 2 heterocycles. The monoisotopic (exact) mass is 356 g/mol. The Morgan fingerprint density at radius 3 is 2.85 bits per heavy atom. The predicted octanol–water partition coefficient (Wildman–Crippen LogP) is 3.31. The zero-order valence-corrected chi connectivity index (χ0v) is 15.6. The van der Waals surface area contributed by atoms with Crippen LogP contribution in [0.1, 0.15) is 38.7 Å². The van der Waals surface area contributed by atoms with Crippen molar-refractivity contribution in [3.8, 4) is 0 Å². The summed E-state index contributed by atoms with van der Waals surface area (Å²) >= 11 is 0. The lowest BCUT2D eigenvalue weighted by Gasteiger charge is -2.44. The van der Waals surface area contributed by atoms with Crippen LogP contribution in [0.2, 0.25) is 0 Å². The van der Waals surface area contributed by atoms with Gasteiger partial charge in [-0.05, 0) is 42.9 Å². The lowest BCUT2D eigenvalue weighted by molar-refractivity contribution is -0.165. The summed E-state index contributed by atoms with van der Waals surface area (Å²) in [5.41, 5.74) is 1.02. The lowest BCUT2D eigenvalue weighted by Crippen LogP contribution is -2.55. The molecular formula is C21H28N2O3. The van der Waals surface area contributed by atoms with Crippen molar-refractivity contribution in [1.82, 2.24) is 9.88 Å². The number of carboxylic acids is 1. The minimum Gasteiger partial charge on any atom is -0.481 e. The SMILES string of the molecule is CC(C)CC[C@@]1(C(=O)O)CN(Cc2ccnc3ccccc23)CC[C@H]1O. The molecule has 2 N–H and O–H groups in total. The van der Waals surface area contributed by atoms with Gasteiger partial charge in [0.1, 0.15) is 5.41 Å². The number of likely N-dealkylation sites (tertiary alicyclic amines) is 1. The Morgan fingerprint density at radius 1 is 1.35 bits per heavy atom. The number of hydrogen-bond donors (Lipinski definition) is 2. The van der Waals surface area contributed by atoms with Crippen molar-refractivity contribution in [3.05, 3.63) is 42.1 Å². The van der Waals surface area contributed by atoms with Gasteiger partial charge in [0.15, 0.2) is 0 Å². The molecular weight excluding hydrogens is 328 g/mol. The lowest BCUT2D eigenvalue weighted by atomic mass is 9.72. The molecule has 1 aromatic heterocycles. The molecule has 1 saturated heterocycles. The second-order valence-electron chi connectivity index (χ2n) is 7.90. The number of fused-ring (bicyclic) bond motifs is 1. The number of benzene rings is 1. The summed E-state index contributed by atoms with van der Waals surface area (Å²) in [4.78, 5) is 18.7. The van der Waals surface area contributed by atoms with Crippen LogP contribution >= 0.6 is 0 Å². The summed E-state index contributed by atoms with van der Waals surface area (Å²) in [6.45, 7) is 5.94. The molecule has 2 atom stereocenters. The fraction of sp³-hybridized carbons (Fsp3) is 0.524. The van der Waals surface area contributed by atoms with Crippen molar-refractivity contribution in [2.75, 3.05) is 13.1 Å². The molecule has 1 aliphatic heterocycles. The highest BCUT2D eigenvalue weighted by Crippen LogP contribution is 2.37. The number of pyridine rings is 1. The molecule has 3 rings (SSSR count). The average Bonchev–Trinajstić information content (AvgIpc) is 2.62. The van der Waals surface area contributed by atoms with Crippen LogP contribution in [-0.4, -0.2) is 45.3 Å². The number of carbonyl (C=O) groups is 1. The second kappa shape index (κ2) is 7.72. The van der Waals surface area contributed by atoms with Crippen molar-refractivity contribution in [2.24, 2.45) is 11.3 Å². The van der Waals surface area contributed by atoms with Crippen molar-refractivity contribution in [1.29, 1.82) is 0 Å². The Kier molecular flexibility index (Phi) is 5.58. The maximum absolute atomic E-state index is 12.1. The first kappa shape index (κ1) is 18.8. The normalized spacial score (nSPS) is 24.2. The van der Waals surface area contributed by atoms with Crippen LogP contribution in [0, 0.1) is 11.3 Å². The number of aliphatic hydroxyl groups excluding tert-OH is 1. The van der Waals surface area contributed by atoms with Crippen LogP contribution < -0.4 is 0 Å². The second-order valence-corrected chi connectivity index (χ2v) is 7.90. The minimum atomic E-state index is -1.08. The first-order valence-electron chi connectivity index (χ1n) is 9.39. The number of piperidine rings is 1. The number of nitrogens with zero attached hydrogens (tertiary/aromatic N) is 2. The minimum absolute atomic E-state index is 0.382. The van der Waals surface area contributed by atoms with E-state index >= 15 is 0 Å². The van der Waals surface area contributed by atoms with E-state index in [1.807, 2.05) is 24.3 Å². The molecule has 1 fully saturated rings. The van der Waals surface area contributed by atoms with Gasteiger partial charge in [-0.1, -0.05) is 32.0 Å². The Bertz CT molecular complexity index is 771. The summed E-state index contributed by atoms with van der Waals surface area (Å²) in [6, 6.07) is 10.0. The van der Waals surface area contributed by atoms with Gasteiger partial charge in [-0.2, -0.15) is 0 Å². The topological polar surface area (TPSA) is 73.7 Å². The quantitative estimate of drug-likeness (QED) is 0.831. The van der Waals surface area contributed by atoms with E-state index in [4.69, 9.17) is 0 Å². The summed E-state index contributed by atoms with van der Waals surface area (Å²) in [5, 5.41) is 21.6. The van der Waals surface area contributed by atoms with E-state index in [0.717, 1.165) is 22.9 Å². The fourth-order valence-corrected chi connectivity index (χ4v) is 3.94. The van der Waals surface area contributed by atoms with Crippen molar-refractivity contribution in [3.63, 3.8) is 0 Å². The molecule has 0 bridgehead atoms. The van der Waals surface area contributed by atoms with Crippen molar-refractivity contribution >= 4 is 16.9 Å². The van der Waals surface area contributed by atoms with Crippen molar-refractivity contribution in [2.45, 2.75) is 45.8 Å². The van der Waals surface area contributed by atoms with E-state index in [1.165, 1.54) is 0 Å². The van der Waals surface area contributed by atoms with Gasteiger partial charge in [0.25, 0.3) is 0 Å². The Balaban J connectivity index is 1.83. The molecule has 1 aromatic carbocycles. The summed E-state index contributed by atoms with van der Waals surface area (Å²) in [7, 11) is 0. The molecule has 5 nitrogen and oxygen atoms in total. The third-order valence-corrected chi connectivity index (χ3v) is 5.59. The molecule has 5 heteroatoms. The van der Waals surface area contributed by atoms with Crippen LogP contribution in [0.5, 0.6) is 0 Å². The van der Waals surface area contributed by atoms with Crippen LogP contribution in [0.3, 0.4) is 0 Å². The fourth-order valence-electron chi connectivity index (χ4n) is 3.94. The van der Waals surface area contributed by atoms with Crippen LogP contribution in [0.25, 0.3) is 10.9 Å². The van der Waals surface area contributed by atoms with Gasteiger partial charge in [0.2, 0.25) is 0 Å². The first-order valence-corrected chi connectivity index (χ1v) is 9.39. The molecule has 0 amide bonds. The van der Waals surface area contributed by atoms with Gasteiger partial charge < -0.3 is 10.2 Å². The molecule has 0 unspecified atom stereocenters. The van der Waals surface area contributed by atoms with Crippen LogP contribution in [-0.2, 0) is 11.3 Å². The molecule has 26 heavy (non-hydrogen) atoms. The van der Waals surface area contributed by atoms with Gasteiger partial charge >= 0.3 is 5.97 Å². The molecule has 2 aromatic rings. The van der Waals surface area contributed by atoms with E-state index in [-0.39, 0.29) is 0 Å². The molecule has 140 valence electrons. The number of para-hydroxylation sites is 1. The van der Waals surface area contributed by atoms with Crippen LogP contribution in [0.4, 0.5) is 0 Å². The summed E-state index contributed by atoms with van der Waals surface area (Å²) in [5.74, 6) is -0.465. The largest absolute Gasteiger partial charge is 0.481 e. The maximum Gasteiger partial charge on any atom is 0.313 e. The highest BCUT2D eigenvalue weighted by molar-refractivity contribution is 5.81. The summed E-state index contributed by atoms with van der Waals surface area (Å²) < 4.78 is 0. The number of rotatable bonds is 6. The zero-order valence-electron chi connectivity index (χ0n) is 15.6. The van der Waals surface area contributed by atoms with Gasteiger partial charge in [-0.25, -0.2) is 0 Å². The maximum atomic E-state index is 12.1. The van der Waals surface area contributed by atoms with E-state index in [0.29, 0.717) is 38.4 Å². The molecule has 0 radical (unpaired) electrons. The van der Waals surface area contributed by atoms with E-state index in [1.54, 1.807) is 6.20 Å². The van der Waals surface area contributed by atoms with Gasteiger partial charge in [-0.15, -0.1) is 0 Å². The molecule has 0 saturated carbocycles. The zero-order chi connectivity index (χ0) is 18.7. The third kappa shape index (κ3) is 3.74. The number of aliphatic carboxylic acids is 1. The highest BCUT2D eigenvalue weighted by atomic mass is 16.4. The van der Waals surface area contributed by atoms with E-state index in [2.05, 4.69) is 29.8 Å². The van der Waals surface area contributed by atoms with Gasteiger partial charge in [0.05, 0.1) is 11.6 Å². The Labute approximate surface area is 154 Å². The van der Waals surface area contributed by atoms with E-state index in [9.17, 15) is 15.0 Å². The molecule has 1 aliphatic rings. The number of aliphatic hydroxyl groups is 1. The molecule has 0 aliphatic carbocycles. The predicted molar refractivity (Wildman–Crippen MR) is 102 cm³/mol. The molecule has 0 spiro atoms. The third-order valence-electron chi connectivity index (χ3n) is 5.59. The highest BCUT2D eigenvalue weighted by Gasteiger charge is 2.48. The average molecular weight is 356 g/mol. The summed E-state index contributed by atoms with van der Waals surface area (Å²) in [6.07, 6.45) is 2.82. The standard InChI is InChI=1S/C21H28N2O3/c1-15(2)7-10-21(20(25)26)14-23(12-9-19(21)24)13-16-8-11-22-18-6-4-3-5-17(16)18/h3-6,8,11,15,19,24H,7,9-10,12-14H2,1-2H3,(H,25,26)/t19-,21-/m1/s1. The van der Waals surface area contributed by atoms with Gasteiger partial charge in [0, 0.05) is 31.2 Å². The number of aromatic nitrogens is 1. The van der Waals surface area contributed by atoms with Crippen LogP contribution in [0.15, 0.2) is 36.5 Å². The Morgan fingerprint density at radius 2 is 2.12 bits per heavy atom. The number of hydrogen-bond acceptors (Lipinski definition) is 4. The smallest absolute Gasteiger partial charge is 0.313 e. The van der Waals surface area contributed by atoms with E-state index < -0.39 is 17.5 Å². The van der Waals surface area contributed by atoms with Gasteiger partial charge in [-0.3, -0.25) is 14.7 Å². The van der Waals surface area contributed by atoms with Crippen molar-refractivity contribution < 1.29 is 15.0 Å². The number of carboxylic acid groups (broad SMARTS) is 1.